The number of likely N-dealkylation sites (tertiary alicyclic amines) is 1. The minimum Gasteiger partial charge on any atom is -0.373 e. The summed E-state index contributed by atoms with van der Waals surface area (Å²) in [4.78, 5) is 20.8. The van der Waals surface area contributed by atoms with Crippen LogP contribution in [0.4, 0.5) is 10.1 Å². The molecule has 0 spiro atoms. The van der Waals surface area contributed by atoms with Gasteiger partial charge in [0.25, 0.3) is 5.91 Å². The van der Waals surface area contributed by atoms with E-state index in [0.717, 1.165) is 5.69 Å². The summed E-state index contributed by atoms with van der Waals surface area (Å²) in [6.07, 6.45) is 1.98. The SMILES string of the molecule is CC1(C)C2CN(C(=O)c3cn4cccc(N5CC(F)C5)c4n3)[C@H](O)[C@H]21. The fourth-order valence-electron chi connectivity index (χ4n) is 4.56. The smallest absolute Gasteiger partial charge is 0.276 e. The predicted molar refractivity (Wildman–Crippen MR) is 90.1 cm³/mol. The summed E-state index contributed by atoms with van der Waals surface area (Å²) < 4.78 is 15.0. The van der Waals surface area contributed by atoms with Crippen LogP contribution in [0.25, 0.3) is 5.65 Å². The van der Waals surface area contributed by atoms with E-state index in [0.29, 0.717) is 36.9 Å². The molecule has 1 N–H and O–H groups in total. The van der Waals surface area contributed by atoms with Gasteiger partial charge in [-0.1, -0.05) is 13.8 Å². The first-order valence-electron chi connectivity index (χ1n) is 8.73. The molecule has 2 aliphatic heterocycles. The summed E-state index contributed by atoms with van der Waals surface area (Å²) in [7, 11) is 0. The van der Waals surface area contributed by atoms with Crippen LogP contribution in [-0.4, -0.2) is 57.3 Å². The molecule has 25 heavy (non-hydrogen) atoms. The number of carbonyl (C=O) groups excluding carboxylic acids is 1. The van der Waals surface area contributed by atoms with E-state index < -0.39 is 12.4 Å². The molecule has 3 aliphatic rings. The minimum atomic E-state index is -0.800. The molecular formula is C18H21FN4O2. The van der Waals surface area contributed by atoms with Crippen molar-refractivity contribution in [3.05, 3.63) is 30.2 Å². The number of imidazole rings is 1. The molecule has 2 aromatic rings. The van der Waals surface area contributed by atoms with Gasteiger partial charge in [0.1, 0.15) is 18.1 Å². The molecular weight excluding hydrogens is 323 g/mol. The van der Waals surface area contributed by atoms with E-state index in [1.54, 1.807) is 10.6 Å². The number of anilines is 1. The van der Waals surface area contributed by atoms with Gasteiger partial charge in [0.15, 0.2) is 5.65 Å². The predicted octanol–water partition coefficient (Wildman–Crippen LogP) is 1.54. The molecule has 1 unspecified atom stereocenters. The van der Waals surface area contributed by atoms with Crippen molar-refractivity contribution in [1.29, 1.82) is 0 Å². The van der Waals surface area contributed by atoms with Gasteiger partial charge in [-0.25, -0.2) is 9.37 Å². The average Bonchev–Trinajstić information content (AvgIpc) is 2.91. The fourth-order valence-corrected chi connectivity index (χ4v) is 4.56. The van der Waals surface area contributed by atoms with Crippen LogP contribution in [0.2, 0.25) is 0 Å². The lowest BCUT2D eigenvalue weighted by molar-refractivity contribution is 0.00346. The van der Waals surface area contributed by atoms with E-state index in [-0.39, 0.29) is 17.2 Å². The first-order chi connectivity index (χ1) is 11.9. The van der Waals surface area contributed by atoms with Crippen molar-refractivity contribution in [1.82, 2.24) is 14.3 Å². The summed E-state index contributed by atoms with van der Waals surface area (Å²) in [6, 6.07) is 3.76. The number of hydrogen-bond acceptors (Lipinski definition) is 4. The number of aliphatic hydroxyl groups excluding tert-OH is 1. The van der Waals surface area contributed by atoms with Gasteiger partial charge >= 0.3 is 0 Å². The average molecular weight is 344 g/mol. The summed E-state index contributed by atoms with van der Waals surface area (Å²) in [6.45, 7) is 5.57. The van der Waals surface area contributed by atoms with Crippen LogP contribution >= 0.6 is 0 Å². The molecule has 3 fully saturated rings. The first kappa shape index (κ1) is 15.1. The molecule has 1 amide bonds. The standard InChI is InChI=1S/C18H21FN4O2/c1-18(2)11-8-23(17(25)14(11)18)16(24)12-9-21-5-3-4-13(15(21)20-12)22-6-10(19)7-22/h3-5,9-11,14,17,25H,6-8H2,1-2H3/t11?,14-,17+/m0/s1. The molecule has 3 atom stereocenters. The van der Waals surface area contributed by atoms with Crippen molar-refractivity contribution in [2.24, 2.45) is 17.3 Å². The van der Waals surface area contributed by atoms with E-state index in [1.165, 1.54) is 4.90 Å². The van der Waals surface area contributed by atoms with Crippen molar-refractivity contribution < 1.29 is 14.3 Å². The zero-order chi connectivity index (χ0) is 17.5. The second-order valence-electron chi connectivity index (χ2n) is 8.08. The Morgan fingerprint density at radius 3 is 2.76 bits per heavy atom. The van der Waals surface area contributed by atoms with E-state index >= 15 is 0 Å². The zero-order valence-corrected chi connectivity index (χ0v) is 14.3. The molecule has 7 heteroatoms. The lowest BCUT2D eigenvalue weighted by Crippen LogP contribution is -2.48. The number of rotatable bonds is 2. The number of fused-ring (bicyclic) bond motifs is 2. The highest BCUT2D eigenvalue weighted by atomic mass is 19.1. The largest absolute Gasteiger partial charge is 0.373 e. The number of halogens is 1. The summed E-state index contributed by atoms with van der Waals surface area (Å²) in [5, 5.41) is 10.5. The molecule has 1 saturated carbocycles. The van der Waals surface area contributed by atoms with Crippen molar-refractivity contribution in [2.75, 3.05) is 24.5 Å². The molecule has 4 heterocycles. The van der Waals surface area contributed by atoms with Gasteiger partial charge in [-0.15, -0.1) is 0 Å². The van der Waals surface area contributed by atoms with Gasteiger partial charge in [-0.3, -0.25) is 4.79 Å². The third-order valence-corrected chi connectivity index (χ3v) is 6.29. The molecule has 1 aliphatic carbocycles. The van der Waals surface area contributed by atoms with E-state index in [2.05, 4.69) is 18.8 Å². The molecule has 5 rings (SSSR count). The number of pyridine rings is 1. The van der Waals surface area contributed by atoms with E-state index in [9.17, 15) is 14.3 Å². The second-order valence-corrected chi connectivity index (χ2v) is 8.08. The Morgan fingerprint density at radius 2 is 2.12 bits per heavy atom. The van der Waals surface area contributed by atoms with Crippen LogP contribution < -0.4 is 4.90 Å². The van der Waals surface area contributed by atoms with Crippen LogP contribution in [-0.2, 0) is 0 Å². The Hall–Kier alpha value is -2.15. The van der Waals surface area contributed by atoms with Crippen molar-refractivity contribution >= 4 is 17.2 Å². The van der Waals surface area contributed by atoms with E-state index in [4.69, 9.17) is 0 Å². The maximum Gasteiger partial charge on any atom is 0.276 e. The zero-order valence-electron chi connectivity index (χ0n) is 14.3. The fraction of sp³-hybridized carbons (Fsp3) is 0.556. The van der Waals surface area contributed by atoms with Crippen LogP contribution in [0.15, 0.2) is 24.5 Å². The van der Waals surface area contributed by atoms with Crippen LogP contribution in [0.3, 0.4) is 0 Å². The van der Waals surface area contributed by atoms with Gasteiger partial charge in [-0.05, 0) is 23.5 Å². The number of aliphatic hydroxyl groups is 1. The summed E-state index contributed by atoms with van der Waals surface area (Å²) in [5.74, 6) is 0.283. The van der Waals surface area contributed by atoms with Gasteiger partial charge in [0.05, 0.1) is 18.8 Å². The summed E-state index contributed by atoms with van der Waals surface area (Å²) >= 11 is 0. The quantitative estimate of drug-likeness (QED) is 0.898. The molecule has 0 aromatic carbocycles. The normalized spacial score (nSPS) is 30.5. The number of aromatic nitrogens is 2. The number of nitrogens with zero attached hydrogens (tertiary/aromatic N) is 4. The number of amides is 1. The molecule has 0 radical (unpaired) electrons. The summed E-state index contributed by atoms with van der Waals surface area (Å²) in [5.41, 5.74) is 1.92. The minimum absolute atomic E-state index is 0.114. The van der Waals surface area contributed by atoms with Gasteiger partial charge < -0.3 is 19.3 Å². The Morgan fingerprint density at radius 1 is 1.36 bits per heavy atom. The molecule has 0 bridgehead atoms. The van der Waals surface area contributed by atoms with E-state index in [1.807, 2.05) is 23.2 Å². The number of hydrogen-bond donors (Lipinski definition) is 1. The van der Waals surface area contributed by atoms with Crippen LogP contribution in [0.5, 0.6) is 0 Å². The van der Waals surface area contributed by atoms with Crippen LogP contribution in [0.1, 0.15) is 24.3 Å². The van der Waals surface area contributed by atoms with Crippen molar-refractivity contribution in [3.63, 3.8) is 0 Å². The highest BCUT2D eigenvalue weighted by Gasteiger charge is 2.67. The third kappa shape index (κ3) is 1.99. The monoisotopic (exact) mass is 344 g/mol. The Labute approximate surface area is 144 Å². The third-order valence-electron chi connectivity index (χ3n) is 6.29. The Bertz CT molecular complexity index is 873. The first-order valence-corrected chi connectivity index (χ1v) is 8.73. The lowest BCUT2D eigenvalue weighted by Gasteiger charge is -2.36. The topological polar surface area (TPSA) is 61.1 Å². The number of piperidine rings is 1. The second kappa shape index (κ2) is 4.72. The van der Waals surface area contributed by atoms with Crippen LogP contribution in [0, 0.1) is 17.3 Å². The lowest BCUT2D eigenvalue weighted by atomic mass is 10.1. The maximum atomic E-state index is 13.2. The molecule has 132 valence electrons. The number of carbonyl (C=O) groups is 1. The maximum absolute atomic E-state index is 13.2. The van der Waals surface area contributed by atoms with Crippen molar-refractivity contribution in [3.8, 4) is 0 Å². The molecule has 2 saturated heterocycles. The van der Waals surface area contributed by atoms with Gasteiger partial charge in [0, 0.05) is 24.9 Å². The highest BCUT2D eigenvalue weighted by molar-refractivity contribution is 5.94. The molecule has 6 nitrogen and oxygen atoms in total. The number of alkyl halides is 1. The van der Waals surface area contributed by atoms with Gasteiger partial charge in [-0.2, -0.15) is 0 Å². The van der Waals surface area contributed by atoms with Crippen molar-refractivity contribution in [2.45, 2.75) is 26.2 Å². The van der Waals surface area contributed by atoms with Gasteiger partial charge in [0.2, 0.25) is 0 Å². The molecule has 2 aromatic heterocycles. The Kier molecular flexibility index (Phi) is 2.86. The highest BCUT2D eigenvalue weighted by Crippen LogP contribution is 2.64. The Balaban J connectivity index is 1.44.